The summed E-state index contributed by atoms with van der Waals surface area (Å²) in [4.78, 5) is 21.2. The first kappa shape index (κ1) is 23.3. The number of pyridine rings is 2. The van der Waals surface area contributed by atoms with Gasteiger partial charge in [0, 0.05) is 37.0 Å². The molecule has 0 atom stereocenters. The first-order valence-electron chi connectivity index (χ1n) is 10.1. The molecule has 0 bridgehead atoms. The molecule has 1 amide bonds. The molecule has 7 heteroatoms. The number of rotatable bonds is 6. The SMILES string of the molecule is CN(O)C(=O)c1cc(-c2ccc(-c3ccc(CCCO)cc3)cc2)nc2ccncc12.Cl. The quantitative estimate of drug-likeness (QED) is 0.327. The molecule has 0 aliphatic carbocycles. The summed E-state index contributed by atoms with van der Waals surface area (Å²) in [6, 6.07) is 19.8. The van der Waals surface area contributed by atoms with Crippen molar-refractivity contribution in [1.29, 1.82) is 0 Å². The van der Waals surface area contributed by atoms with Gasteiger partial charge in [-0.05, 0) is 41.7 Å². The van der Waals surface area contributed by atoms with E-state index in [1.165, 1.54) is 12.6 Å². The fourth-order valence-corrected chi connectivity index (χ4v) is 3.55. The molecule has 0 aliphatic heterocycles. The Morgan fingerprint density at radius 3 is 2.22 bits per heavy atom. The molecule has 164 valence electrons. The molecule has 0 unspecified atom stereocenters. The number of aryl methyl sites for hydroxylation is 1. The van der Waals surface area contributed by atoms with Crippen LogP contribution in [0.2, 0.25) is 0 Å². The third kappa shape index (κ3) is 4.94. The zero-order valence-electron chi connectivity index (χ0n) is 17.6. The molecule has 0 fully saturated rings. The highest BCUT2D eigenvalue weighted by atomic mass is 35.5. The van der Waals surface area contributed by atoms with Crippen LogP contribution in [0.1, 0.15) is 22.3 Å². The molecule has 6 nitrogen and oxygen atoms in total. The number of benzene rings is 2. The average Bonchev–Trinajstić information content (AvgIpc) is 2.82. The van der Waals surface area contributed by atoms with Gasteiger partial charge in [0.1, 0.15) is 0 Å². The van der Waals surface area contributed by atoms with E-state index in [-0.39, 0.29) is 19.0 Å². The van der Waals surface area contributed by atoms with E-state index >= 15 is 0 Å². The smallest absolute Gasteiger partial charge is 0.277 e. The second-order valence-electron chi connectivity index (χ2n) is 7.38. The van der Waals surface area contributed by atoms with Crippen molar-refractivity contribution >= 4 is 29.2 Å². The van der Waals surface area contributed by atoms with Gasteiger partial charge in [-0.15, -0.1) is 12.4 Å². The van der Waals surface area contributed by atoms with Crippen LogP contribution >= 0.6 is 12.4 Å². The van der Waals surface area contributed by atoms with Gasteiger partial charge in [-0.3, -0.25) is 15.0 Å². The highest BCUT2D eigenvalue weighted by molar-refractivity contribution is 6.06. The minimum Gasteiger partial charge on any atom is -0.396 e. The summed E-state index contributed by atoms with van der Waals surface area (Å²) in [6.45, 7) is 0.199. The Kier molecular flexibility index (Phi) is 7.53. The number of hydroxylamine groups is 2. The summed E-state index contributed by atoms with van der Waals surface area (Å²) in [5.41, 5.74) is 5.89. The minimum atomic E-state index is -0.514. The topological polar surface area (TPSA) is 86.5 Å². The molecule has 2 aromatic carbocycles. The molecule has 0 spiro atoms. The number of aliphatic hydroxyl groups excluding tert-OH is 1. The molecule has 0 aliphatic rings. The van der Waals surface area contributed by atoms with E-state index in [1.54, 1.807) is 24.5 Å². The molecule has 0 saturated carbocycles. The van der Waals surface area contributed by atoms with Gasteiger partial charge in [-0.2, -0.15) is 0 Å². The number of halogens is 1. The molecular formula is C25H24ClN3O3. The van der Waals surface area contributed by atoms with Gasteiger partial charge >= 0.3 is 0 Å². The highest BCUT2D eigenvalue weighted by Gasteiger charge is 2.16. The Bertz CT molecular complexity index is 1210. The fraction of sp³-hybridized carbons (Fsp3) is 0.160. The number of hydrogen-bond acceptors (Lipinski definition) is 5. The largest absolute Gasteiger partial charge is 0.396 e. The predicted molar refractivity (Wildman–Crippen MR) is 127 cm³/mol. The van der Waals surface area contributed by atoms with E-state index in [2.05, 4.69) is 34.2 Å². The van der Waals surface area contributed by atoms with Crippen molar-refractivity contribution in [1.82, 2.24) is 15.0 Å². The number of aliphatic hydroxyl groups is 1. The van der Waals surface area contributed by atoms with Crippen LogP contribution in [0.3, 0.4) is 0 Å². The van der Waals surface area contributed by atoms with Gasteiger partial charge in [0.05, 0.1) is 16.8 Å². The van der Waals surface area contributed by atoms with Crippen LogP contribution in [0.5, 0.6) is 0 Å². The maximum atomic E-state index is 12.5. The van der Waals surface area contributed by atoms with Crippen molar-refractivity contribution in [2.75, 3.05) is 13.7 Å². The third-order valence-corrected chi connectivity index (χ3v) is 5.23. The number of nitrogens with zero attached hydrogens (tertiary/aromatic N) is 3. The number of carbonyl (C=O) groups is 1. The summed E-state index contributed by atoms with van der Waals surface area (Å²) in [7, 11) is 1.30. The van der Waals surface area contributed by atoms with Gasteiger partial charge in [0.15, 0.2) is 0 Å². The number of fused-ring (bicyclic) bond motifs is 1. The van der Waals surface area contributed by atoms with Crippen LogP contribution in [0.4, 0.5) is 0 Å². The molecule has 32 heavy (non-hydrogen) atoms. The standard InChI is InChI=1S/C25H23N3O3.ClH/c1-28(31)25(30)21-15-24(27-23-12-13-26-16-22(21)23)20-10-8-19(9-11-20)18-6-4-17(5-7-18)3-2-14-29;/h4-13,15-16,29,31H,2-3,14H2,1H3;1H. The molecule has 2 heterocycles. The lowest BCUT2D eigenvalue weighted by atomic mass is 9.99. The molecular weight excluding hydrogens is 426 g/mol. The first-order chi connectivity index (χ1) is 15.1. The van der Waals surface area contributed by atoms with Crippen LogP contribution < -0.4 is 0 Å². The van der Waals surface area contributed by atoms with E-state index in [0.29, 0.717) is 27.2 Å². The summed E-state index contributed by atoms with van der Waals surface area (Å²) in [5.74, 6) is -0.514. The Balaban J connectivity index is 0.00000289. The van der Waals surface area contributed by atoms with E-state index in [0.717, 1.165) is 29.5 Å². The molecule has 2 aromatic heterocycles. The van der Waals surface area contributed by atoms with Crippen molar-refractivity contribution in [3.8, 4) is 22.4 Å². The zero-order valence-corrected chi connectivity index (χ0v) is 18.4. The van der Waals surface area contributed by atoms with Crippen molar-refractivity contribution in [2.24, 2.45) is 0 Å². The normalized spacial score (nSPS) is 10.6. The highest BCUT2D eigenvalue weighted by Crippen LogP contribution is 2.28. The molecule has 0 radical (unpaired) electrons. The molecule has 0 saturated heterocycles. The van der Waals surface area contributed by atoms with E-state index < -0.39 is 5.91 Å². The third-order valence-electron chi connectivity index (χ3n) is 5.23. The fourth-order valence-electron chi connectivity index (χ4n) is 3.55. The van der Waals surface area contributed by atoms with Crippen molar-refractivity contribution < 1.29 is 15.1 Å². The maximum absolute atomic E-state index is 12.5. The second-order valence-corrected chi connectivity index (χ2v) is 7.38. The lowest BCUT2D eigenvalue weighted by molar-refractivity contribution is -0.0373. The Morgan fingerprint density at radius 2 is 1.59 bits per heavy atom. The van der Waals surface area contributed by atoms with Crippen LogP contribution in [0, 0.1) is 0 Å². The Morgan fingerprint density at radius 1 is 0.969 bits per heavy atom. The lowest BCUT2D eigenvalue weighted by Gasteiger charge is -2.12. The molecule has 4 aromatic rings. The van der Waals surface area contributed by atoms with Gasteiger partial charge in [0.2, 0.25) is 0 Å². The number of hydrogen-bond donors (Lipinski definition) is 2. The summed E-state index contributed by atoms with van der Waals surface area (Å²) >= 11 is 0. The van der Waals surface area contributed by atoms with E-state index in [9.17, 15) is 10.0 Å². The zero-order chi connectivity index (χ0) is 21.8. The Hall–Kier alpha value is -3.32. The summed E-state index contributed by atoms with van der Waals surface area (Å²) in [6.07, 6.45) is 4.84. The minimum absolute atomic E-state index is 0. The van der Waals surface area contributed by atoms with Crippen LogP contribution in [0.25, 0.3) is 33.3 Å². The summed E-state index contributed by atoms with van der Waals surface area (Å²) < 4.78 is 0. The predicted octanol–water partition coefficient (Wildman–Crippen LogP) is 4.77. The molecule has 2 N–H and O–H groups in total. The molecule has 4 rings (SSSR count). The number of amides is 1. The van der Waals surface area contributed by atoms with Gasteiger partial charge < -0.3 is 5.11 Å². The maximum Gasteiger partial charge on any atom is 0.277 e. The van der Waals surface area contributed by atoms with Crippen molar-refractivity contribution in [2.45, 2.75) is 12.8 Å². The first-order valence-corrected chi connectivity index (χ1v) is 10.1. The summed E-state index contributed by atoms with van der Waals surface area (Å²) in [5, 5.41) is 19.8. The second kappa shape index (κ2) is 10.3. The van der Waals surface area contributed by atoms with Gasteiger partial charge in [-0.1, -0.05) is 48.5 Å². The lowest BCUT2D eigenvalue weighted by Crippen LogP contribution is -2.23. The number of aromatic nitrogens is 2. The van der Waals surface area contributed by atoms with Crippen LogP contribution in [0.15, 0.2) is 73.1 Å². The van der Waals surface area contributed by atoms with E-state index in [1.807, 2.05) is 24.3 Å². The van der Waals surface area contributed by atoms with Gasteiger partial charge in [0.25, 0.3) is 5.91 Å². The van der Waals surface area contributed by atoms with Crippen molar-refractivity contribution in [3.63, 3.8) is 0 Å². The Labute approximate surface area is 192 Å². The van der Waals surface area contributed by atoms with E-state index in [4.69, 9.17) is 5.11 Å². The monoisotopic (exact) mass is 449 g/mol. The van der Waals surface area contributed by atoms with Crippen LogP contribution in [-0.4, -0.2) is 44.9 Å². The van der Waals surface area contributed by atoms with Crippen LogP contribution in [-0.2, 0) is 6.42 Å². The number of carbonyl (C=O) groups excluding carboxylic acids is 1. The van der Waals surface area contributed by atoms with Crippen molar-refractivity contribution in [3.05, 3.63) is 84.2 Å². The average molecular weight is 450 g/mol. The van der Waals surface area contributed by atoms with Gasteiger partial charge in [-0.25, -0.2) is 10.0 Å².